The third-order valence-electron chi connectivity index (χ3n) is 1.46. The summed E-state index contributed by atoms with van der Waals surface area (Å²) in [4.78, 5) is 1.28. The van der Waals surface area contributed by atoms with Gasteiger partial charge in [-0.15, -0.1) is 0 Å². The molecule has 0 aromatic heterocycles. The second-order valence-electron chi connectivity index (χ2n) is 2.52. The van der Waals surface area contributed by atoms with E-state index in [1.165, 1.54) is 22.8 Å². The number of nitriles is 1. The maximum atomic E-state index is 8.38. The van der Waals surface area contributed by atoms with E-state index in [1.54, 1.807) is 0 Å². The zero-order valence-electron chi connectivity index (χ0n) is 5.92. The predicted octanol–water partition coefficient (Wildman–Crippen LogP) is 2.76. The highest BCUT2D eigenvalue weighted by molar-refractivity contribution is 8.07. The number of hydrogen-bond donors (Lipinski definition) is 0. The van der Waals surface area contributed by atoms with Gasteiger partial charge in [0, 0.05) is 4.91 Å². The second kappa shape index (κ2) is 4.01. The van der Waals surface area contributed by atoms with Crippen molar-refractivity contribution in [1.82, 2.24) is 0 Å². The summed E-state index contributed by atoms with van der Waals surface area (Å²) in [6.07, 6.45) is 2.43. The zero-order valence-corrected chi connectivity index (χ0v) is 7.74. The van der Waals surface area contributed by atoms with Crippen molar-refractivity contribution >= 4 is 20.3 Å². The van der Waals surface area contributed by atoms with Crippen molar-refractivity contribution in [2.75, 3.05) is 6.16 Å². The first-order valence-corrected chi connectivity index (χ1v) is 5.41. The molecule has 1 unspecified atom stereocenters. The molecule has 1 aliphatic rings. The molecule has 0 radical (unpaired) electrons. The van der Waals surface area contributed by atoms with Crippen LogP contribution in [0.1, 0.15) is 13.3 Å². The van der Waals surface area contributed by atoms with Crippen LogP contribution in [0.5, 0.6) is 0 Å². The Balaban J connectivity index is 2.45. The van der Waals surface area contributed by atoms with E-state index in [1.807, 2.05) is 0 Å². The molecule has 1 aliphatic heterocycles. The molecule has 1 heterocycles. The molecule has 3 heteroatoms. The molecular formula is C7H10NPS. The van der Waals surface area contributed by atoms with Crippen LogP contribution >= 0.6 is 20.3 Å². The molecule has 1 nitrogen and oxygen atoms in total. The van der Waals surface area contributed by atoms with Crippen LogP contribution in [0.4, 0.5) is 0 Å². The Morgan fingerprint density at radius 2 is 2.70 bits per heavy atom. The Labute approximate surface area is 67.7 Å². The Hall–Kier alpha value is 0.0100. The van der Waals surface area contributed by atoms with Gasteiger partial charge in [0.2, 0.25) is 0 Å². The average molecular weight is 171 g/mol. The van der Waals surface area contributed by atoms with Crippen molar-refractivity contribution in [3.63, 3.8) is 0 Å². The summed E-state index contributed by atoms with van der Waals surface area (Å²) in [5.41, 5.74) is 0. The van der Waals surface area contributed by atoms with E-state index < -0.39 is 0 Å². The maximum absolute atomic E-state index is 8.38. The largest absolute Gasteiger partial charge is 0.185 e. The van der Waals surface area contributed by atoms with Gasteiger partial charge in [0.1, 0.15) is 5.40 Å². The summed E-state index contributed by atoms with van der Waals surface area (Å²) in [7, 11) is 0.938. The van der Waals surface area contributed by atoms with Crippen LogP contribution in [0, 0.1) is 16.6 Å². The average Bonchev–Trinajstić information content (AvgIpc) is 1.88. The van der Waals surface area contributed by atoms with Crippen molar-refractivity contribution in [3.8, 4) is 5.40 Å². The van der Waals surface area contributed by atoms with E-state index in [2.05, 4.69) is 18.1 Å². The Bertz CT molecular complexity index is 183. The second-order valence-corrected chi connectivity index (χ2v) is 4.54. The van der Waals surface area contributed by atoms with Gasteiger partial charge >= 0.3 is 0 Å². The molecule has 0 bridgehead atoms. The number of allylic oxidation sites excluding steroid dienone is 1. The van der Waals surface area contributed by atoms with Gasteiger partial charge in [-0.1, -0.05) is 21.3 Å². The number of nitrogens with zero attached hydrogens (tertiary/aromatic N) is 1. The number of hydrogen-bond acceptors (Lipinski definition) is 2. The molecule has 0 N–H and O–H groups in total. The predicted molar refractivity (Wildman–Crippen MR) is 48.3 cm³/mol. The van der Waals surface area contributed by atoms with Crippen molar-refractivity contribution < 1.29 is 0 Å². The quantitative estimate of drug-likeness (QED) is 0.447. The zero-order chi connectivity index (χ0) is 7.40. The highest BCUT2D eigenvalue weighted by atomic mass is 32.2. The van der Waals surface area contributed by atoms with Gasteiger partial charge in [-0.05, 0) is 30.3 Å². The molecule has 0 saturated heterocycles. The van der Waals surface area contributed by atoms with Crippen molar-refractivity contribution in [2.24, 2.45) is 5.92 Å². The summed E-state index contributed by atoms with van der Waals surface area (Å²) in [6, 6.07) is 0. The molecule has 0 aliphatic carbocycles. The van der Waals surface area contributed by atoms with E-state index in [9.17, 15) is 0 Å². The fourth-order valence-corrected chi connectivity index (χ4v) is 2.96. The Kier molecular flexibility index (Phi) is 3.25. The van der Waals surface area contributed by atoms with Crippen LogP contribution in [0.15, 0.2) is 10.7 Å². The van der Waals surface area contributed by atoms with Crippen LogP contribution in [-0.2, 0) is 0 Å². The Morgan fingerprint density at radius 1 is 1.90 bits per heavy atom. The summed E-state index contributed by atoms with van der Waals surface area (Å²) < 4.78 is 0. The number of rotatable bonds is 1. The van der Waals surface area contributed by atoms with Crippen LogP contribution in [-0.4, -0.2) is 6.16 Å². The van der Waals surface area contributed by atoms with Crippen LogP contribution in [0.2, 0.25) is 0 Å². The van der Waals surface area contributed by atoms with E-state index in [4.69, 9.17) is 5.26 Å². The van der Waals surface area contributed by atoms with Crippen molar-refractivity contribution in [3.05, 3.63) is 10.7 Å². The monoisotopic (exact) mass is 171 g/mol. The minimum Gasteiger partial charge on any atom is -0.185 e. The standard InChI is InChI=1S/C7H10NPS/c1-6-2-7(10-5-8)4-9-3-6/h4,6,9H,2-3H2,1H3/t6-/m1/s1. The molecule has 2 atom stereocenters. The maximum Gasteiger partial charge on any atom is 0.138 e. The lowest BCUT2D eigenvalue weighted by Gasteiger charge is -2.15. The lowest BCUT2D eigenvalue weighted by atomic mass is 10.1. The lowest BCUT2D eigenvalue weighted by Crippen LogP contribution is -2.00. The van der Waals surface area contributed by atoms with Gasteiger partial charge in [-0.3, -0.25) is 0 Å². The summed E-state index contributed by atoms with van der Waals surface area (Å²) in [5, 5.41) is 10.5. The van der Waals surface area contributed by atoms with E-state index in [0.29, 0.717) is 0 Å². The van der Waals surface area contributed by atoms with Crippen molar-refractivity contribution in [2.45, 2.75) is 13.3 Å². The van der Waals surface area contributed by atoms with Gasteiger partial charge in [0.15, 0.2) is 0 Å². The molecule has 0 aromatic carbocycles. The molecule has 0 saturated carbocycles. The first-order valence-electron chi connectivity index (χ1n) is 3.31. The fraction of sp³-hybridized carbons (Fsp3) is 0.571. The summed E-state index contributed by atoms with van der Waals surface area (Å²) in [5.74, 6) is 3.01. The summed E-state index contributed by atoms with van der Waals surface area (Å²) >= 11 is 1.33. The van der Waals surface area contributed by atoms with Crippen LogP contribution < -0.4 is 0 Å². The Morgan fingerprint density at radius 3 is 3.30 bits per heavy atom. The molecule has 0 amide bonds. The highest BCUT2D eigenvalue weighted by Gasteiger charge is 2.10. The SMILES string of the molecule is C[C@H]1CPC=C(SC#N)C1. The number of thiocyanates is 1. The molecule has 0 spiro atoms. The normalized spacial score (nSPS) is 27.6. The van der Waals surface area contributed by atoms with Gasteiger partial charge < -0.3 is 0 Å². The minimum absolute atomic E-state index is 0.791. The fourth-order valence-electron chi connectivity index (χ4n) is 0.978. The van der Waals surface area contributed by atoms with Crippen LogP contribution in [0.3, 0.4) is 0 Å². The van der Waals surface area contributed by atoms with E-state index in [0.717, 1.165) is 20.9 Å². The first-order chi connectivity index (χ1) is 4.83. The molecule has 10 heavy (non-hydrogen) atoms. The van der Waals surface area contributed by atoms with E-state index >= 15 is 0 Å². The van der Waals surface area contributed by atoms with Crippen molar-refractivity contribution in [1.29, 1.82) is 5.26 Å². The molecule has 0 fully saturated rings. The minimum atomic E-state index is 0.791. The molecular weight excluding hydrogens is 161 g/mol. The summed E-state index contributed by atoms with van der Waals surface area (Å²) in [6.45, 7) is 2.25. The van der Waals surface area contributed by atoms with Gasteiger partial charge in [0.05, 0.1) is 0 Å². The number of thioether (sulfide) groups is 1. The molecule has 54 valence electrons. The lowest BCUT2D eigenvalue weighted by molar-refractivity contribution is 0.664. The molecule has 0 aromatic rings. The van der Waals surface area contributed by atoms with Crippen LogP contribution in [0.25, 0.3) is 0 Å². The first kappa shape index (κ1) is 8.11. The third kappa shape index (κ3) is 2.33. The highest BCUT2D eigenvalue weighted by Crippen LogP contribution is 2.35. The van der Waals surface area contributed by atoms with Gasteiger partial charge in [0.25, 0.3) is 0 Å². The topological polar surface area (TPSA) is 23.8 Å². The molecule has 1 rings (SSSR count). The van der Waals surface area contributed by atoms with Gasteiger partial charge in [-0.2, -0.15) is 5.26 Å². The van der Waals surface area contributed by atoms with E-state index in [-0.39, 0.29) is 0 Å². The smallest absolute Gasteiger partial charge is 0.138 e. The third-order valence-corrected chi connectivity index (χ3v) is 3.79. The van der Waals surface area contributed by atoms with Gasteiger partial charge in [-0.25, -0.2) is 0 Å².